The molecule has 15 heavy (non-hydrogen) atoms. The predicted molar refractivity (Wildman–Crippen MR) is 60.0 cm³/mol. The highest BCUT2D eigenvalue weighted by Gasteiger charge is 2.18. The van der Waals surface area contributed by atoms with Crippen LogP contribution in [0.4, 0.5) is 10.5 Å². The topological polar surface area (TPSA) is 53.2 Å². The highest BCUT2D eigenvalue weighted by atomic mass is 16.2. The largest absolute Gasteiger partial charge is 0.383 e. The number of nitrogens with one attached hydrogen (secondary N) is 3. The summed E-state index contributed by atoms with van der Waals surface area (Å²) < 4.78 is 0. The maximum absolute atomic E-state index is 11.1. The highest BCUT2D eigenvalue weighted by Crippen LogP contribution is 2.20. The third kappa shape index (κ3) is 2.21. The fourth-order valence-corrected chi connectivity index (χ4v) is 1.80. The molecule has 2 rings (SSSR count). The summed E-state index contributed by atoms with van der Waals surface area (Å²) in [5, 5.41) is 8.75. The summed E-state index contributed by atoms with van der Waals surface area (Å²) in [6.07, 6.45) is 0.886. The van der Waals surface area contributed by atoms with Gasteiger partial charge in [0.25, 0.3) is 0 Å². The molecule has 1 aromatic rings. The van der Waals surface area contributed by atoms with Gasteiger partial charge in [0, 0.05) is 19.3 Å². The Morgan fingerprint density at radius 2 is 2.27 bits per heavy atom. The van der Waals surface area contributed by atoms with Gasteiger partial charge in [-0.2, -0.15) is 0 Å². The summed E-state index contributed by atoms with van der Waals surface area (Å²) in [6, 6.07) is 8.22. The molecule has 3 N–H and O–H groups in total. The van der Waals surface area contributed by atoms with Crippen LogP contribution in [0, 0.1) is 0 Å². The van der Waals surface area contributed by atoms with Crippen molar-refractivity contribution in [2.75, 3.05) is 18.9 Å². The fourth-order valence-electron chi connectivity index (χ4n) is 1.80. The van der Waals surface area contributed by atoms with Gasteiger partial charge in [-0.25, -0.2) is 4.79 Å². The number of carbonyl (C=O) groups excluding carboxylic acids is 1. The van der Waals surface area contributed by atoms with E-state index in [0.717, 1.165) is 13.0 Å². The number of fused-ring (bicyclic) bond motifs is 1. The van der Waals surface area contributed by atoms with Crippen LogP contribution >= 0.6 is 0 Å². The van der Waals surface area contributed by atoms with Crippen LogP contribution in [-0.2, 0) is 6.42 Å². The number of para-hydroxylation sites is 1. The Morgan fingerprint density at radius 1 is 1.47 bits per heavy atom. The summed E-state index contributed by atoms with van der Waals surface area (Å²) >= 11 is 0. The molecule has 1 aliphatic heterocycles. The van der Waals surface area contributed by atoms with Crippen molar-refractivity contribution >= 4 is 11.7 Å². The summed E-state index contributed by atoms with van der Waals surface area (Å²) in [4.78, 5) is 11.1. The number of carbonyl (C=O) groups is 1. The maximum atomic E-state index is 11.1. The Bertz CT molecular complexity index is 365. The molecule has 4 nitrogen and oxygen atoms in total. The molecule has 80 valence electrons. The van der Waals surface area contributed by atoms with Crippen molar-refractivity contribution in [3.63, 3.8) is 0 Å². The van der Waals surface area contributed by atoms with E-state index in [-0.39, 0.29) is 12.1 Å². The first-order valence-corrected chi connectivity index (χ1v) is 5.09. The number of hydrogen-bond acceptors (Lipinski definition) is 2. The second-order valence-corrected chi connectivity index (χ2v) is 3.66. The average Bonchev–Trinajstić information content (AvgIpc) is 2.29. The summed E-state index contributed by atoms with van der Waals surface area (Å²) in [5.74, 6) is 0. The average molecular weight is 205 g/mol. The summed E-state index contributed by atoms with van der Waals surface area (Å²) in [7, 11) is 1.62. The van der Waals surface area contributed by atoms with Gasteiger partial charge in [-0.05, 0) is 18.1 Å². The zero-order valence-electron chi connectivity index (χ0n) is 8.71. The molecule has 0 radical (unpaired) electrons. The molecule has 0 aliphatic carbocycles. The van der Waals surface area contributed by atoms with E-state index in [4.69, 9.17) is 0 Å². The van der Waals surface area contributed by atoms with Gasteiger partial charge < -0.3 is 16.0 Å². The van der Waals surface area contributed by atoms with Crippen molar-refractivity contribution in [1.29, 1.82) is 0 Å². The molecule has 4 heteroatoms. The minimum absolute atomic E-state index is 0.124. The van der Waals surface area contributed by atoms with Crippen molar-refractivity contribution in [3.8, 4) is 0 Å². The zero-order valence-corrected chi connectivity index (χ0v) is 8.71. The molecule has 1 atom stereocenters. The molecular weight excluding hydrogens is 190 g/mol. The van der Waals surface area contributed by atoms with E-state index >= 15 is 0 Å². The van der Waals surface area contributed by atoms with Crippen LogP contribution in [0.3, 0.4) is 0 Å². The number of amides is 2. The number of rotatable bonds is 1. The van der Waals surface area contributed by atoms with Gasteiger partial charge in [-0.15, -0.1) is 0 Å². The molecule has 1 aliphatic rings. The third-order valence-electron chi connectivity index (χ3n) is 2.58. The number of hydrogen-bond donors (Lipinski definition) is 3. The first-order valence-electron chi connectivity index (χ1n) is 5.09. The van der Waals surface area contributed by atoms with E-state index in [1.54, 1.807) is 7.05 Å². The summed E-state index contributed by atoms with van der Waals surface area (Å²) in [5.41, 5.74) is 2.43. The van der Waals surface area contributed by atoms with Crippen LogP contribution in [0.1, 0.15) is 5.56 Å². The van der Waals surface area contributed by atoms with Crippen molar-refractivity contribution in [1.82, 2.24) is 10.6 Å². The fraction of sp³-hybridized carbons (Fsp3) is 0.364. The van der Waals surface area contributed by atoms with Gasteiger partial charge >= 0.3 is 6.03 Å². The second-order valence-electron chi connectivity index (χ2n) is 3.66. The Morgan fingerprint density at radius 3 is 3.07 bits per heavy atom. The molecule has 0 spiro atoms. The highest BCUT2D eigenvalue weighted by molar-refractivity contribution is 5.74. The molecule has 0 aromatic heterocycles. The molecule has 0 unspecified atom stereocenters. The van der Waals surface area contributed by atoms with E-state index in [0.29, 0.717) is 0 Å². The lowest BCUT2D eigenvalue weighted by atomic mass is 10.00. The van der Waals surface area contributed by atoms with Crippen molar-refractivity contribution in [2.24, 2.45) is 0 Å². The Kier molecular flexibility index (Phi) is 2.76. The molecule has 0 bridgehead atoms. The van der Waals surface area contributed by atoms with Gasteiger partial charge in [-0.3, -0.25) is 0 Å². The van der Waals surface area contributed by atoms with Gasteiger partial charge in [0.15, 0.2) is 0 Å². The number of urea groups is 1. The van der Waals surface area contributed by atoms with Crippen LogP contribution in [0.25, 0.3) is 0 Å². The monoisotopic (exact) mass is 205 g/mol. The van der Waals surface area contributed by atoms with Crippen LogP contribution in [-0.4, -0.2) is 25.7 Å². The first kappa shape index (κ1) is 9.83. The molecule has 0 saturated carbocycles. The Hall–Kier alpha value is -1.71. The van der Waals surface area contributed by atoms with E-state index in [9.17, 15) is 4.79 Å². The quantitative estimate of drug-likeness (QED) is 0.639. The second kappa shape index (κ2) is 4.21. The van der Waals surface area contributed by atoms with Crippen molar-refractivity contribution < 1.29 is 4.79 Å². The third-order valence-corrected chi connectivity index (χ3v) is 2.58. The maximum Gasteiger partial charge on any atom is 0.314 e. The molecule has 0 saturated heterocycles. The molecule has 1 heterocycles. The number of benzene rings is 1. The van der Waals surface area contributed by atoms with Gasteiger partial charge in [0.1, 0.15) is 0 Å². The molecule has 0 fully saturated rings. The Balaban J connectivity index is 2.02. The predicted octanol–water partition coefficient (Wildman–Crippen LogP) is 0.952. The van der Waals surface area contributed by atoms with E-state index < -0.39 is 0 Å². The van der Waals surface area contributed by atoms with Crippen molar-refractivity contribution in [2.45, 2.75) is 12.5 Å². The van der Waals surface area contributed by atoms with Crippen LogP contribution in [0.2, 0.25) is 0 Å². The van der Waals surface area contributed by atoms with Crippen LogP contribution in [0.5, 0.6) is 0 Å². The van der Waals surface area contributed by atoms with Crippen LogP contribution < -0.4 is 16.0 Å². The van der Waals surface area contributed by atoms with Crippen LogP contribution in [0.15, 0.2) is 24.3 Å². The Labute approximate surface area is 89.1 Å². The standard InChI is InChI=1S/C11H15N3O/c1-12-11(15)14-9-6-8-4-2-3-5-10(8)13-7-9/h2-5,9,13H,6-7H2,1H3,(H2,12,14,15)/t9-/m1/s1. The first-order chi connectivity index (χ1) is 7.29. The van der Waals surface area contributed by atoms with E-state index in [1.165, 1.54) is 11.3 Å². The molecule has 2 amide bonds. The van der Waals surface area contributed by atoms with E-state index in [1.807, 2.05) is 12.1 Å². The van der Waals surface area contributed by atoms with Gasteiger partial charge in [-0.1, -0.05) is 18.2 Å². The summed E-state index contributed by atoms with van der Waals surface area (Å²) in [6.45, 7) is 0.782. The van der Waals surface area contributed by atoms with Gasteiger partial charge in [0.2, 0.25) is 0 Å². The van der Waals surface area contributed by atoms with E-state index in [2.05, 4.69) is 28.1 Å². The zero-order chi connectivity index (χ0) is 10.7. The lowest BCUT2D eigenvalue weighted by molar-refractivity contribution is 0.239. The SMILES string of the molecule is CNC(=O)N[C@H]1CNc2ccccc2C1. The molecule has 1 aromatic carbocycles. The minimum atomic E-state index is -0.124. The van der Waals surface area contributed by atoms with Gasteiger partial charge in [0.05, 0.1) is 6.04 Å². The minimum Gasteiger partial charge on any atom is -0.383 e. The lowest BCUT2D eigenvalue weighted by Gasteiger charge is -2.26. The normalized spacial score (nSPS) is 18.6. The van der Waals surface area contributed by atoms with Crippen molar-refractivity contribution in [3.05, 3.63) is 29.8 Å². The number of anilines is 1. The lowest BCUT2D eigenvalue weighted by Crippen LogP contribution is -2.46. The molecular formula is C11H15N3O. The smallest absolute Gasteiger partial charge is 0.314 e.